The van der Waals surface area contributed by atoms with Crippen LogP contribution in [0.25, 0.3) is 0 Å². The van der Waals surface area contributed by atoms with Crippen LogP contribution in [0, 0.1) is 0 Å². The smallest absolute Gasteiger partial charge is 0.382 e. The van der Waals surface area contributed by atoms with Crippen LogP contribution in [0.5, 0.6) is 0 Å². The van der Waals surface area contributed by atoms with Crippen LogP contribution in [0.15, 0.2) is 45.5 Å². The predicted molar refractivity (Wildman–Crippen MR) is 96.1 cm³/mol. The van der Waals surface area contributed by atoms with Gasteiger partial charge in [-0.15, -0.1) is 5.11 Å². The highest BCUT2D eigenvalue weighted by molar-refractivity contribution is 7.58. The molecule has 1 aromatic carbocycles. The van der Waals surface area contributed by atoms with E-state index in [0.29, 0.717) is 11.3 Å². The van der Waals surface area contributed by atoms with E-state index in [-0.39, 0.29) is 30.8 Å². The number of para-hydroxylation sites is 1. The van der Waals surface area contributed by atoms with Gasteiger partial charge in [0.15, 0.2) is 5.44 Å². The molecule has 0 fully saturated rings. The zero-order valence-electron chi connectivity index (χ0n) is 15.2. The normalized spacial score (nSPS) is 20.9. The topological polar surface area (TPSA) is 116 Å². The van der Waals surface area contributed by atoms with Crippen molar-refractivity contribution in [2.45, 2.75) is 26.3 Å². The number of nitrogens with zero attached hydrogens (tertiary/aromatic N) is 2. The first kappa shape index (κ1) is 19.4. The number of fused-ring (bicyclic) bond motifs is 2. The average molecular weight is 393 g/mol. The van der Waals surface area contributed by atoms with Gasteiger partial charge < -0.3 is 19.1 Å². The molecule has 2 aliphatic rings. The Morgan fingerprint density at radius 1 is 1.15 bits per heavy atom. The maximum Gasteiger partial charge on any atom is 0.382 e. The zero-order valence-corrected chi connectivity index (χ0v) is 16.1. The van der Waals surface area contributed by atoms with E-state index in [1.165, 1.54) is 0 Å². The summed E-state index contributed by atoms with van der Waals surface area (Å²) < 4.78 is 29.1. The van der Waals surface area contributed by atoms with Crippen LogP contribution in [0.2, 0.25) is 0 Å². The highest BCUT2D eigenvalue weighted by atomic mass is 31.2. The quantitative estimate of drug-likeness (QED) is 0.561. The molecule has 0 aliphatic carbocycles. The van der Waals surface area contributed by atoms with Gasteiger partial charge in [-0.3, -0.25) is 9.36 Å². The van der Waals surface area contributed by atoms with Crippen molar-refractivity contribution in [3.05, 3.63) is 40.8 Å². The second-order valence-electron chi connectivity index (χ2n) is 5.66. The SMILES string of the molecule is CCOC(=O)C1=C(P(=O)(OCC)OCC)N=NC12C(=O)Nc1ccccc12. The molecule has 144 valence electrons. The van der Waals surface area contributed by atoms with Gasteiger partial charge in [0, 0.05) is 11.3 Å². The number of hydrogen-bond donors (Lipinski definition) is 1. The molecule has 1 aromatic rings. The Morgan fingerprint density at radius 3 is 2.44 bits per heavy atom. The molecule has 0 aromatic heterocycles. The second-order valence-corrected chi connectivity index (χ2v) is 7.60. The van der Waals surface area contributed by atoms with Crippen molar-refractivity contribution in [2.75, 3.05) is 25.1 Å². The minimum absolute atomic E-state index is 0.0577. The number of nitrogens with one attached hydrogen (secondary N) is 1. The summed E-state index contributed by atoms with van der Waals surface area (Å²) >= 11 is 0. The molecule has 0 saturated carbocycles. The van der Waals surface area contributed by atoms with E-state index in [4.69, 9.17) is 13.8 Å². The Balaban J connectivity index is 2.27. The fourth-order valence-corrected chi connectivity index (χ4v) is 4.79. The number of esters is 1. The number of carbonyl (C=O) groups excluding carboxylic acids is 2. The van der Waals surface area contributed by atoms with Gasteiger partial charge in [-0.2, -0.15) is 5.11 Å². The van der Waals surface area contributed by atoms with E-state index in [1.54, 1.807) is 45.0 Å². The number of rotatable bonds is 7. The van der Waals surface area contributed by atoms with E-state index >= 15 is 0 Å². The third kappa shape index (κ3) is 2.92. The van der Waals surface area contributed by atoms with Gasteiger partial charge >= 0.3 is 13.6 Å². The van der Waals surface area contributed by atoms with Crippen LogP contribution in [0.4, 0.5) is 5.69 Å². The van der Waals surface area contributed by atoms with Gasteiger partial charge in [-0.1, -0.05) is 18.2 Å². The second kappa shape index (κ2) is 7.34. The third-order valence-electron chi connectivity index (χ3n) is 4.11. The zero-order chi connectivity index (χ0) is 19.7. The first-order chi connectivity index (χ1) is 12.9. The molecule has 1 N–H and O–H groups in total. The molecule has 0 bridgehead atoms. The number of ether oxygens (including phenoxy) is 1. The molecule has 1 unspecified atom stereocenters. The fraction of sp³-hybridized carbons (Fsp3) is 0.412. The molecular weight excluding hydrogens is 373 g/mol. The number of azo groups is 1. The molecule has 2 heterocycles. The van der Waals surface area contributed by atoms with E-state index in [1.807, 2.05) is 0 Å². The molecule has 9 nitrogen and oxygen atoms in total. The first-order valence-corrected chi connectivity index (χ1v) is 10.1. The molecule has 0 saturated heterocycles. The number of hydrogen-bond acceptors (Lipinski definition) is 8. The lowest BCUT2D eigenvalue weighted by Gasteiger charge is -2.22. The van der Waals surface area contributed by atoms with E-state index in [9.17, 15) is 14.2 Å². The monoisotopic (exact) mass is 393 g/mol. The lowest BCUT2D eigenvalue weighted by molar-refractivity contribution is -0.140. The number of benzene rings is 1. The minimum Gasteiger partial charge on any atom is -0.462 e. The number of carbonyl (C=O) groups is 2. The largest absolute Gasteiger partial charge is 0.462 e. The van der Waals surface area contributed by atoms with E-state index < -0.39 is 25.0 Å². The van der Waals surface area contributed by atoms with Crippen LogP contribution in [0.3, 0.4) is 0 Å². The lowest BCUT2D eigenvalue weighted by Crippen LogP contribution is -2.37. The Labute approximate surface area is 156 Å². The standard InChI is InChI=1S/C17H20N3O6P/c1-4-24-15(21)13-14(27(23,25-5-2)26-6-3)19-20-17(13)11-9-7-8-10-12(11)18-16(17)22/h7-10H,4-6H2,1-3H3,(H,18,22). The summed E-state index contributed by atoms with van der Waals surface area (Å²) in [6.45, 7) is 5.07. The van der Waals surface area contributed by atoms with Crippen LogP contribution < -0.4 is 5.32 Å². The van der Waals surface area contributed by atoms with Crippen molar-refractivity contribution >= 4 is 25.2 Å². The van der Waals surface area contributed by atoms with Crippen LogP contribution >= 0.6 is 7.60 Å². The van der Waals surface area contributed by atoms with E-state index in [0.717, 1.165) is 0 Å². The Bertz CT molecular complexity index is 886. The van der Waals surface area contributed by atoms with Crippen molar-refractivity contribution in [3.63, 3.8) is 0 Å². The van der Waals surface area contributed by atoms with Crippen molar-refractivity contribution < 1.29 is 27.9 Å². The van der Waals surface area contributed by atoms with E-state index in [2.05, 4.69) is 15.5 Å². The van der Waals surface area contributed by atoms with Gasteiger partial charge in [0.05, 0.1) is 19.8 Å². The summed E-state index contributed by atoms with van der Waals surface area (Å²) in [5, 5.41) is 10.7. The first-order valence-electron chi connectivity index (χ1n) is 8.60. The summed E-state index contributed by atoms with van der Waals surface area (Å²) in [6.07, 6.45) is 0. The van der Waals surface area contributed by atoms with Crippen molar-refractivity contribution in [1.29, 1.82) is 0 Å². The Hall–Kier alpha value is -2.35. The third-order valence-corrected chi connectivity index (χ3v) is 6.14. The average Bonchev–Trinajstić information content (AvgIpc) is 3.17. The highest BCUT2D eigenvalue weighted by Gasteiger charge is 2.60. The summed E-state index contributed by atoms with van der Waals surface area (Å²) in [6, 6.07) is 6.79. The van der Waals surface area contributed by atoms with Gasteiger partial charge in [0.2, 0.25) is 5.54 Å². The van der Waals surface area contributed by atoms with Gasteiger partial charge in [-0.25, -0.2) is 4.79 Å². The summed E-state index contributed by atoms with van der Waals surface area (Å²) in [4.78, 5) is 25.7. The molecule has 1 amide bonds. The van der Waals surface area contributed by atoms with Gasteiger partial charge in [0.1, 0.15) is 5.57 Å². The fourth-order valence-electron chi connectivity index (χ4n) is 3.11. The summed E-state index contributed by atoms with van der Waals surface area (Å²) in [5.74, 6) is -1.42. The number of amides is 1. The van der Waals surface area contributed by atoms with Gasteiger partial charge in [0.25, 0.3) is 5.91 Å². The van der Waals surface area contributed by atoms with Crippen molar-refractivity contribution in [2.24, 2.45) is 10.2 Å². The van der Waals surface area contributed by atoms with Crippen molar-refractivity contribution in [3.8, 4) is 0 Å². The molecule has 1 spiro atoms. The lowest BCUT2D eigenvalue weighted by atomic mass is 9.85. The predicted octanol–water partition coefficient (Wildman–Crippen LogP) is 3.34. The van der Waals surface area contributed by atoms with Gasteiger partial charge in [-0.05, 0) is 26.8 Å². The number of anilines is 1. The Kier molecular flexibility index (Phi) is 5.28. The molecular formula is C17H20N3O6P. The highest BCUT2D eigenvalue weighted by Crippen LogP contribution is 2.63. The Morgan fingerprint density at radius 2 is 1.81 bits per heavy atom. The maximum absolute atomic E-state index is 13.3. The molecule has 27 heavy (non-hydrogen) atoms. The van der Waals surface area contributed by atoms with Crippen LogP contribution in [-0.4, -0.2) is 31.7 Å². The molecule has 0 radical (unpaired) electrons. The summed E-state index contributed by atoms with van der Waals surface area (Å²) in [5.41, 5.74) is -1.39. The molecule has 3 rings (SSSR count). The van der Waals surface area contributed by atoms with Crippen LogP contribution in [0.1, 0.15) is 26.3 Å². The minimum atomic E-state index is -3.98. The molecule has 1 atom stereocenters. The molecule has 10 heteroatoms. The molecule has 2 aliphatic heterocycles. The summed E-state index contributed by atoms with van der Waals surface area (Å²) in [7, 11) is -3.98. The van der Waals surface area contributed by atoms with Crippen LogP contribution in [-0.2, 0) is 33.5 Å². The maximum atomic E-state index is 13.3. The van der Waals surface area contributed by atoms with Crippen molar-refractivity contribution in [1.82, 2.24) is 0 Å².